The number of aryl methyl sites for hydroxylation is 3. The first-order valence-corrected chi connectivity index (χ1v) is 12.5. The van der Waals surface area contributed by atoms with E-state index < -0.39 is 8.25 Å². The van der Waals surface area contributed by atoms with Gasteiger partial charge < -0.3 is 9.73 Å². The lowest BCUT2D eigenvalue weighted by atomic mass is 10.0. The van der Waals surface area contributed by atoms with Gasteiger partial charge in [0, 0.05) is 21.9 Å². The highest BCUT2D eigenvalue weighted by Gasteiger charge is 2.16. The van der Waals surface area contributed by atoms with E-state index in [-0.39, 0.29) is 11.9 Å². The van der Waals surface area contributed by atoms with Gasteiger partial charge in [-0.3, -0.25) is 0 Å². The molecule has 2 aromatic carbocycles. The van der Waals surface area contributed by atoms with Crippen LogP contribution in [0.4, 0.5) is 0 Å². The largest absolute Gasteiger partial charge is 0.694 e. The second-order valence-corrected chi connectivity index (χ2v) is 9.75. The Kier molecular flexibility index (Phi) is 8.96. The van der Waals surface area contributed by atoms with Crippen molar-refractivity contribution >= 4 is 20.0 Å². The summed E-state index contributed by atoms with van der Waals surface area (Å²) in [5, 5.41) is 12.6. The van der Waals surface area contributed by atoms with Crippen LogP contribution in [0.1, 0.15) is 46.4 Å². The molecule has 0 aliphatic heterocycles. The van der Waals surface area contributed by atoms with Gasteiger partial charge in [-0.1, -0.05) is 42.1 Å². The molecular formula is C23H29N3O4PS+. The van der Waals surface area contributed by atoms with Crippen molar-refractivity contribution in [2.75, 3.05) is 13.2 Å². The first kappa shape index (κ1) is 24.6. The Morgan fingerprint density at radius 2 is 1.94 bits per heavy atom. The molecule has 1 aromatic heterocycles. The summed E-state index contributed by atoms with van der Waals surface area (Å²) in [6.07, 6.45) is 0.668. The third kappa shape index (κ3) is 6.95. The van der Waals surface area contributed by atoms with E-state index in [0.29, 0.717) is 30.6 Å². The Hall–Kier alpha value is -2.09. The zero-order chi connectivity index (χ0) is 23.1. The van der Waals surface area contributed by atoms with E-state index in [1.165, 1.54) is 16.7 Å². The maximum absolute atomic E-state index is 10.5. The van der Waals surface area contributed by atoms with Crippen LogP contribution in [0, 0.1) is 20.8 Å². The lowest BCUT2D eigenvalue weighted by Gasteiger charge is -2.11. The molecule has 7 nitrogen and oxygen atoms in total. The molecule has 32 heavy (non-hydrogen) atoms. The van der Waals surface area contributed by atoms with Crippen LogP contribution in [0.2, 0.25) is 0 Å². The number of benzene rings is 2. The van der Waals surface area contributed by atoms with E-state index in [0.717, 1.165) is 16.7 Å². The van der Waals surface area contributed by atoms with Gasteiger partial charge in [-0.05, 0) is 74.5 Å². The van der Waals surface area contributed by atoms with Crippen molar-refractivity contribution < 1.29 is 18.4 Å². The van der Waals surface area contributed by atoms with Gasteiger partial charge in [0.05, 0.1) is 0 Å². The first-order valence-electron chi connectivity index (χ1n) is 10.5. The van der Waals surface area contributed by atoms with Crippen molar-refractivity contribution in [3.8, 4) is 11.5 Å². The molecule has 3 aromatic rings. The molecule has 0 bridgehead atoms. The average Bonchev–Trinajstić information content (AvgIpc) is 3.20. The van der Waals surface area contributed by atoms with E-state index in [1.807, 2.05) is 19.1 Å². The highest BCUT2D eigenvalue weighted by molar-refractivity contribution is 7.99. The van der Waals surface area contributed by atoms with Crippen LogP contribution in [0.5, 0.6) is 0 Å². The molecule has 0 saturated heterocycles. The number of rotatable bonds is 11. The Labute approximate surface area is 193 Å². The van der Waals surface area contributed by atoms with Crippen molar-refractivity contribution in [1.29, 1.82) is 0 Å². The standard InChI is InChI=1S/C23H28N3O4PS/c1-15-6-8-20(13-16(15)2)18(4)32-23-26-25-22(30-23)21-9-7-19(12-17(21)3)14-24-10-5-11-29-31(27)28/h6-9,12-13,18,24H,5,10-11,14H2,1-4H3/p+1. The Balaban J connectivity index is 1.57. The fourth-order valence-corrected chi connectivity index (χ4v) is 4.34. The number of hydrogen-bond donors (Lipinski definition) is 2. The Morgan fingerprint density at radius 3 is 2.66 bits per heavy atom. The molecule has 1 heterocycles. The molecule has 0 radical (unpaired) electrons. The Morgan fingerprint density at radius 1 is 1.12 bits per heavy atom. The molecule has 0 fully saturated rings. The van der Waals surface area contributed by atoms with Gasteiger partial charge in [0.1, 0.15) is 6.61 Å². The van der Waals surface area contributed by atoms with Crippen LogP contribution in [0.3, 0.4) is 0 Å². The van der Waals surface area contributed by atoms with Crippen molar-refractivity contribution in [2.45, 2.75) is 51.1 Å². The van der Waals surface area contributed by atoms with Gasteiger partial charge in [0.15, 0.2) is 0 Å². The van der Waals surface area contributed by atoms with Crippen molar-refractivity contribution in [3.63, 3.8) is 0 Å². The van der Waals surface area contributed by atoms with Crippen molar-refractivity contribution in [3.05, 3.63) is 64.2 Å². The first-order chi connectivity index (χ1) is 15.3. The number of nitrogens with one attached hydrogen (secondary N) is 1. The minimum absolute atomic E-state index is 0.209. The van der Waals surface area contributed by atoms with Crippen LogP contribution < -0.4 is 5.32 Å². The van der Waals surface area contributed by atoms with E-state index in [9.17, 15) is 4.57 Å². The molecule has 2 N–H and O–H groups in total. The molecule has 0 amide bonds. The molecule has 2 atom stereocenters. The van der Waals surface area contributed by atoms with Crippen LogP contribution in [-0.4, -0.2) is 28.2 Å². The van der Waals surface area contributed by atoms with Crippen LogP contribution in [0.15, 0.2) is 46.0 Å². The summed E-state index contributed by atoms with van der Waals surface area (Å²) in [5.74, 6) is 0.520. The second kappa shape index (κ2) is 11.7. The predicted molar refractivity (Wildman–Crippen MR) is 127 cm³/mol. The second-order valence-electron chi connectivity index (χ2n) is 7.73. The number of nitrogens with zero attached hydrogens (tertiary/aromatic N) is 2. The summed E-state index contributed by atoms with van der Waals surface area (Å²) in [5.41, 5.74) is 6.93. The summed E-state index contributed by atoms with van der Waals surface area (Å²) in [6.45, 7) is 10.1. The predicted octanol–water partition coefficient (Wildman–Crippen LogP) is 5.66. The maximum atomic E-state index is 10.5. The SMILES string of the molecule is Cc1ccc(C(C)Sc2nnc(-c3ccc(CNCCCO[P+](=O)O)cc3C)o2)cc1C. The minimum Gasteiger partial charge on any atom is -0.411 e. The third-order valence-corrected chi connectivity index (χ3v) is 6.63. The summed E-state index contributed by atoms with van der Waals surface area (Å²) < 4.78 is 21.1. The fraction of sp³-hybridized carbons (Fsp3) is 0.391. The smallest absolute Gasteiger partial charge is 0.411 e. The van der Waals surface area contributed by atoms with E-state index in [4.69, 9.17) is 9.31 Å². The topological polar surface area (TPSA) is 97.5 Å². The highest BCUT2D eigenvalue weighted by Crippen LogP contribution is 2.36. The van der Waals surface area contributed by atoms with Gasteiger partial charge in [-0.25, -0.2) is 0 Å². The normalized spacial score (nSPS) is 12.7. The fourth-order valence-electron chi connectivity index (χ4n) is 3.25. The summed E-state index contributed by atoms with van der Waals surface area (Å²) in [7, 11) is -2.51. The third-order valence-electron chi connectivity index (χ3n) is 5.23. The van der Waals surface area contributed by atoms with Crippen molar-refractivity contribution in [2.24, 2.45) is 0 Å². The van der Waals surface area contributed by atoms with Crippen LogP contribution in [0.25, 0.3) is 11.5 Å². The van der Waals surface area contributed by atoms with Crippen molar-refractivity contribution in [1.82, 2.24) is 15.5 Å². The molecule has 0 saturated carbocycles. The van der Waals surface area contributed by atoms with Crippen LogP contribution in [-0.2, 0) is 15.6 Å². The molecule has 3 rings (SSSR count). The number of thioether (sulfide) groups is 1. The molecule has 170 valence electrons. The Bertz CT molecular complexity index is 1070. The zero-order valence-electron chi connectivity index (χ0n) is 18.8. The monoisotopic (exact) mass is 474 g/mol. The van der Waals surface area contributed by atoms with Gasteiger partial charge in [-0.15, -0.1) is 19.6 Å². The summed E-state index contributed by atoms with van der Waals surface area (Å²) in [4.78, 5) is 8.60. The average molecular weight is 475 g/mol. The summed E-state index contributed by atoms with van der Waals surface area (Å²) in [6, 6.07) is 12.6. The molecular weight excluding hydrogens is 445 g/mol. The summed E-state index contributed by atoms with van der Waals surface area (Å²) >= 11 is 1.56. The zero-order valence-corrected chi connectivity index (χ0v) is 20.5. The number of hydrogen-bond acceptors (Lipinski definition) is 7. The van der Waals surface area contributed by atoms with E-state index >= 15 is 0 Å². The molecule has 9 heteroatoms. The van der Waals surface area contributed by atoms with Crippen LogP contribution >= 0.6 is 20.0 Å². The molecule has 0 aliphatic rings. The number of aromatic nitrogens is 2. The molecule has 0 aliphatic carbocycles. The lowest BCUT2D eigenvalue weighted by molar-refractivity contribution is 0.276. The van der Waals surface area contributed by atoms with Gasteiger partial charge in [0.25, 0.3) is 5.22 Å². The van der Waals surface area contributed by atoms with E-state index in [1.54, 1.807) is 11.8 Å². The quantitative estimate of drug-likeness (QED) is 0.209. The van der Waals surface area contributed by atoms with E-state index in [2.05, 4.69) is 65.1 Å². The van der Waals surface area contributed by atoms with Gasteiger partial charge in [0.2, 0.25) is 5.89 Å². The van der Waals surface area contributed by atoms with Gasteiger partial charge in [-0.2, -0.15) is 0 Å². The molecule has 0 spiro atoms. The maximum Gasteiger partial charge on any atom is 0.694 e. The molecule has 2 unspecified atom stereocenters. The minimum atomic E-state index is -2.51. The lowest BCUT2D eigenvalue weighted by Crippen LogP contribution is -2.16. The van der Waals surface area contributed by atoms with Gasteiger partial charge >= 0.3 is 8.25 Å². The highest BCUT2D eigenvalue weighted by atomic mass is 32.2.